The summed E-state index contributed by atoms with van der Waals surface area (Å²) in [4.78, 5) is 53.0. The molecule has 5 heterocycles. The topological polar surface area (TPSA) is 173 Å². The first kappa shape index (κ1) is 48.3. The highest BCUT2D eigenvalue weighted by Gasteiger charge is 2.43. The first-order valence-electron chi connectivity index (χ1n) is 22.8. The summed E-state index contributed by atoms with van der Waals surface area (Å²) in [5.74, 6) is 0.786. The molecule has 4 aromatic heterocycles. The van der Waals surface area contributed by atoms with E-state index >= 15 is 0 Å². The highest BCUT2D eigenvalue weighted by atomic mass is 32.1. The van der Waals surface area contributed by atoms with E-state index in [1.165, 1.54) is 0 Å². The van der Waals surface area contributed by atoms with Crippen LogP contribution in [0.3, 0.4) is 0 Å². The van der Waals surface area contributed by atoms with Gasteiger partial charge < -0.3 is 34.6 Å². The number of hydrogen-bond donors (Lipinski definition) is 3. The average Bonchev–Trinajstić information content (AvgIpc) is 4.14. The number of nitrogens with zero attached hydrogens (tertiary/aromatic N) is 5. The molecule has 7 aromatic rings. The Hall–Kier alpha value is -6.20. The lowest BCUT2D eigenvalue weighted by molar-refractivity contribution is -0.141. The molecule has 0 unspecified atom stereocenters. The monoisotopic (exact) mass is 957 g/mol. The van der Waals surface area contributed by atoms with E-state index in [2.05, 4.69) is 56.0 Å². The van der Waals surface area contributed by atoms with Crippen molar-refractivity contribution in [3.8, 4) is 27.4 Å². The fourth-order valence-corrected chi connectivity index (χ4v) is 10.1. The molecule has 0 bridgehead atoms. The fourth-order valence-electron chi connectivity index (χ4n) is 8.22. The van der Waals surface area contributed by atoms with E-state index in [-0.39, 0.29) is 49.9 Å². The Labute approximate surface area is 404 Å². The van der Waals surface area contributed by atoms with Gasteiger partial charge in [-0.1, -0.05) is 113 Å². The molecule has 2 amide bonds. The lowest BCUT2D eigenvalue weighted by atomic mass is 9.85. The van der Waals surface area contributed by atoms with Crippen molar-refractivity contribution in [2.45, 2.75) is 97.9 Å². The van der Waals surface area contributed by atoms with Gasteiger partial charge in [-0.25, -0.2) is 9.97 Å². The van der Waals surface area contributed by atoms with Crippen LogP contribution in [0.4, 0.5) is 0 Å². The predicted octanol–water partition coefficient (Wildman–Crippen LogP) is 8.48. The first-order chi connectivity index (χ1) is 32.4. The molecule has 0 radical (unpaired) electrons. The van der Waals surface area contributed by atoms with Crippen molar-refractivity contribution in [2.75, 3.05) is 26.4 Å². The molecule has 1 fully saturated rings. The number of imidazole rings is 1. The maximum absolute atomic E-state index is 14.1. The Morgan fingerprint density at radius 1 is 0.956 bits per heavy atom. The lowest BCUT2D eigenvalue weighted by Gasteiger charge is -2.36. The molecule has 356 valence electrons. The van der Waals surface area contributed by atoms with Crippen LogP contribution >= 0.6 is 22.7 Å². The quantitative estimate of drug-likeness (QED) is 0.0705. The van der Waals surface area contributed by atoms with Gasteiger partial charge in [0.25, 0.3) is 0 Å². The van der Waals surface area contributed by atoms with Crippen LogP contribution in [-0.4, -0.2) is 91.7 Å². The molecule has 8 rings (SSSR count). The number of Topliss-reactive ketones (excluding diaryl/α,β-unsaturated/α-hetero) is 1. The van der Waals surface area contributed by atoms with E-state index in [1.54, 1.807) is 27.6 Å². The maximum Gasteiger partial charge on any atom is 0.246 e. The van der Waals surface area contributed by atoms with Crippen molar-refractivity contribution in [1.82, 2.24) is 35.1 Å². The Morgan fingerprint density at radius 3 is 2.38 bits per heavy atom. The van der Waals surface area contributed by atoms with Gasteiger partial charge in [0.15, 0.2) is 4.96 Å². The Bertz CT molecular complexity index is 2920. The van der Waals surface area contributed by atoms with Crippen LogP contribution < -0.4 is 15.4 Å². The molecule has 3 atom stereocenters. The first-order valence-corrected chi connectivity index (χ1v) is 24.5. The number of rotatable bonds is 18. The van der Waals surface area contributed by atoms with Gasteiger partial charge in [-0.3, -0.25) is 18.8 Å². The number of ether oxygens (including phenoxy) is 2. The van der Waals surface area contributed by atoms with E-state index in [0.29, 0.717) is 36.5 Å². The number of aromatic nitrogens is 4. The van der Waals surface area contributed by atoms with Gasteiger partial charge in [-0.15, -0.1) is 11.3 Å². The summed E-state index contributed by atoms with van der Waals surface area (Å²) >= 11 is 3.16. The van der Waals surface area contributed by atoms with Crippen molar-refractivity contribution in [2.24, 2.45) is 5.41 Å². The standard InChI is InChI=1S/C52H59N7O7S2/c1-31(53-26-34-11-15-36(16-12-34)47-32(2)54-30-67-47)43-24-39(61)27-58(43)49(63)48(52(6,7)8)56-46(62)29-64-19-20-65-40-17-18-42-44(25-40)68-50-55-41(28-59(42)50)35-13-9-33(10-14-35)21-38(60)22-37-23-45(66-57-37)51(3,4)5/h9-18,23,25,28,30,39,43,48,53,61H,1,19-22,24,26-27,29H2,2-8H3,(H,56,62)/t39-,43+,48-/m1/s1. The summed E-state index contributed by atoms with van der Waals surface area (Å²) in [5, 5.41) is 21.1. The normalized spacial score (nSPS) is 15.8. The number of fused-ring (bicyclic) bond motifs is 3. The largest absolute Gasteiger partial charge is 0.491 e. The van der Waals surface area contributed by atoms with Gasteiger partial charge in [0.05, 0.1) is 62.9 Å². The maximum atomic E-state index is 14.1. The molecule has 68 heavy (non-hydrogen) atoms. The summed E-state index contributed by atoms with van der Waals surface area (Å²) < 4.78 is 20.2. The zero-order chi connectivity index (χ0) is 48.3. The number of aliphatic hydroxyl groups excluding tert-OH is 1. The second-order valence-corrected chi connectivity index (χ2v) is 21.4. The number of nitrogens with one attached hydrogen (secondary N) is 2. The van der Waals surface area contributed by atoms with E-state index < -0.39 is 29.5 Å². The number of aliphatic hydroxyl groups is 1. The van der Waals surface area contributed by atoms with E-state index in [9.17, 15) is 19.5 Å². The predicted molar refractivity (Wildman–Crippen MR) is 266 cm³/mol. The highest BCUT2D eigenvalue weighted by Crippen LogP contribution is 2.33. The fraction of sp³-hybridized carbons (Fsp3) is 0.385. The van der Waals surface area contributed by atoms with Gasteiger partial charge in [0.2, 0.25) is 11.8 Å². The molecule has 0 aliphatic carbocycles. The van der Waals surface area contributed by atoms with Crippen LogP contribution in [0, 0.1) is 12.3 Å². The van der Waals surface area contributed by atoms with Gasteiger partial charge in [0.1, 0.15) is 36.5 Å². The minimum atomic E-state index is -0.866. The van der Waals surface area contributed by atoms with Gasteiger partial charge in [-0.2, -0.15) is 0 Å². The minimum absolute atomic E-state index is 0.0715. The summed E-state index contributed by atoms with van der Waals surface area (Å²) in [7, 11) is 0. The molecule has 1 aliphatic heterocycles. The molecule has 1 aliphatic rings. The van der Waals surface area contributed by atoms with Gasteiger partial charge in [-0.05, 0) is 47.2 Å². The van der Waals surface area contributed by atoms with Gasteiger partial charge in [0, 0.05) is 54.9 Å². The molecule has 0 spiro atoms. The molecule has 3 aromatic carbocycles. The summed E-state index contributed by atoms with van der Waals surface area (Å²) in [6, 6.07) is 22.6. The second-order valence-electron chi connectivity index (χ2n) is 19.5. The number of β-amino-alcohol motifs (C(OH)–C–C–N with tert-alkyl or cyclic N) is 1. The van der Waals surface area contributed by atoms with Crippen molar-refractivity contribution in [1.29, 1.82) is 0 Å². The Morgan fingerprint density at radius 2 is 1.69 bits per heavy atom. The SMILES string of the molecule is C=C(NCc1ccc(-c2scnc2C)cc1)[C@@H]1C[C@@H](O)CN1C(=O)[C@@H](NC(=O)COCCOc1ccc2c(c1)sc1nc(-c3ccc(CC(=O)Cc4cc(C(C)(C)C)on4)cc3)cn12)C(C)(C)C. The third kappa shape index (κ3) is 11.4. The lowest BCUT2D eigenvalue weighted by Crippen LogP contribution is -2.57. The number of aryl methyl sites for hydroxylation is 1. The Balaban J connectivity index is 0.788. The third-order valence-electron chi connectivity index (χ3n) is 12.0. The molecule has 14 nitrogen and oxygen atoms in total. The molecular formula is C52H59N7O7S2. The summed E-state index contributed by atoms with van der Waals surface area (Å²) in [6.07, 6.45) is 2.17. The van der Waals surface area contributed by atoms with Crippen LogP contribution in [0.2, 0.25) is 0 Å². The highest BCUT2D eigenvalue weighted by molar-refractivity contribution is 7.23. The van der Waals surface area contributed by atoms with E-state index in [4.69, 9.17) is 19.0 Å². The molecule has 1 saturated heterocycles. The molecule has 16 heteroatoms. The second kappa shape index (κ2) is 20.2. The zero-order valence-electron chi connectivity index (χ0n) is 39.6. The number of carbonyl (C=O) groups excluding carboxylic acids is 3. The number of carbonyl (C=O) groups is 3. The number of amides is 2. The number of hydrogen-bond acceptors (Lipinski definition) is 13. The molecular weight excluding hydrogens is 899 g/mol. The van der Waals surface area contributed by atoms with E-state index in [0.717, 1.165) is 59.5 Å². The van der Waals surface area contributed by atoms with Crippen LogP contribution in [0.5, 0.6) is 5.75 Å². The third-order valence-corrected chi connectivity index (χ3v) is 14.0. The van der Waals surface area contributed by atoms with Crippen LogP contribution in [0.25, 0.3) is 36.9 Å². The van der Waals surface area contributed by atoms with Crippen LogP contribution in [0.1, 0.15) is 76.2 Å². The summed E-state index contributed by atoms with van der Waals surface area (Å²) in [6.45, 7) is 18.8. The smallest absolute Gasteiger partial charge is 0.246 e. The van der Waals surface area contributed by atoms with Crippen molar-refractivity contribution < 1.29 is 33.5 Å². The van der Waals surface area contributed by atoms with Crippen molar-refractivity contribution in [3.05, 3.63) is 125 Å². The van der Waals surface area contributed by atoms with Gasteiger partial charge >= 0.3 is 0 Å². The number of likely N-dealkylation sites (tertiary alicyclic amines) is 1. The van der Waals surface area contributed by atoms with Crippen LogP contribution in [-0.2, 0) is 43.9 Å². The Kier molecular flexibility index (Phi) is 14.3. The number of ketones is 1. The van der Waals surface area contributed by atoms with E-state index in [1.807, 2.05) is 109 Å². The van der Waals surface area contributed by atoms with Crippen LogP contribution in [0.15, 0.2) is 101 Å². The van der Waals surface area contributed by atoms with Crippen molar-refractivity contribution in [3.63, 3.8) is 0 Å². The number of benzene rings is 3. The minimum Gasteiger partial charge on any atom is -0.491 e. The molecule has 3 N–H and O–H groups in total. The average molecular weight is 958 g/mol. The number of thiazole rings is 2. The summed E-state index contributed by atoms with van der Waals surface area (Å²) in [5.41, 5.74) is 9.21. The van der Waals surface area contributed by atoms with Crippen molar-refractivity contribution >= 4 is 55.4 Å². The zero-order valence-corrected chi connectivity index (χ0v) is 41.3. The molecule has 0 saturated carbocycles.